The molecule has 1 aromatic carbocycles. The fourth-order valence-corrected chi connectivity index (χ4v) is 4.70. The summed E-state index contributed by atoms with van der Waals surface area (Å²) in [6.07, 6.45) is 3.74. The van der Waals surface area contributed by atoms with Gasteiger partial charge in [-0.05, 0) is 31.0 Å². The Morgan fingerprint density at radius 2 is 1.93 bits per heavy atom. The van der Waals surface area contributed by atoms with E-state index in [-0.39, 0.29) is 42.2 Å². The van der Waals surface area contributed by atoms with Gasteiger partial charge in [0.15, 0.2) is 0 Å². The highest BCUT2D eigenvalue weighted by molar-refractivity contribution is 7.89. The highest BCUT2D eigenvalue weighted by Gasteiger charge is 2.33. The maximum Gasteiger partial charge on any atom is 0.244 e. The first-order chi connectivity index (χ1) is 12.9. The second kappa shape index (κ2) is 8.14. The summed E-state index contributed by atoms with van der Waals surface area (Å²) in [5.74, 6) is -0.687. The molecule has 27 heavy (non-hydrogen) atoms. The fraction of sp³-hybridized carbons (Fsp3) is 0.368. The lowest BCUT2D eigenvalue weighted by atomic mass is 9.96. The molecule has 2 aromatic rings. The molecule has 0 aliphatic carbocycles. The highest BCUT2D eigenvalue weighted by atomic mass is 32.2. The number of benzene rings is 1. The van der Waals surface area contributed by atoms with Gasteiger partial charge in [0.05, 0.1) is 0 Å². The number of carbonyl (C=O) groups is 1. The Morgan fingerprint density at radius 1 is 1.22 bits per heavy atom. The predicted molar refractivity (Wildman–Crippen MR) is 98.6 cm³/mol. The Bertz CT molecular complexity index is 897. The van der Waals surface area contributed by atoms with Crippen LogP contribution in [0.15, 0.2) is 53.7 Å². The molecule has 1 aromatic heterocycles. The monoisotopic (exact) mass is 391 g/mol. The topological polar surface area (TPSA) is 70.6 Å². The lowest BCUT2D eigenvalue weighted by molar-refractivity contribution is -0.136. The van der Waals surface area contributed by atoms with Crippen LogP contribution >= 0.6 is 0 Å². The molecule has 0 unspecified atom stereocenters. The Hall–Kier alpha value is -2.32. The van der Waals surface area contributed by atoms with Crippen LogP contribution in [0.3, 0.4) is 0 Å². The molecule has 6 nitrogen and oxygen atoms in total. The van der Waals surface area contributed by atoms with Crippen molar-refractivity contribution in [1.29, 1.82) is 0 Å². The molecule has 1 saturated heterocycles. The summed E-state index contributed by atoms with van der Waals surface area (Å²) in [7, 11) is -1.94. The lowest BCUT2D eigenvalue weighted by Crippen LogP contribution is -2.43. The number of hydrogen-bond donors (Lipinski definition) is 0. The van der Waals surface area contributed by atoms with E-state index in [4.69, 9.17) is 0 Å². The SMILES string of the molecule is CN(Cc1ccccc1F)C(=O)C1CCN(S(=O)(=O)c2cccnc2)CC1. The van der Waals surface area contributed by atoms with Crippen LogP contribution in [0.1, 0.15) is 18.4 Å². The van der Waals surface area contributed by atoms with Gasteiger partial charge in [-0.25, -0.2) is 12.8 Å². The number of carbonyl (C=O) groups excluding carboxylic acids is 1. The van der Waals surface area contributed by atoms with Gasteiger partial charge < -0.3 is 4.90 Å². The number of rotatable bonds is 5. The number of amides is 1. The van der Waals surface area contributed by atoms with Crippen molar-refractivity contribution in [2.75, 3.05) is 20.1 Å². The molecule has 0 saturated carbocycles. The fourth-order valence-electron chi connectivity index (χ4n) is 3.26. The normalized spacial score (nSPS) is 16.2. The van der Waals surface area contributed by atoms with Gasteiger partial charge in [0.1, 0.15) is 10.7 Å². The first kappa shape index (κ1) is 19.4. The molecule has 1 amide bonds. The van der Waals surface area contributed by atoms with E-state index in [1.54, 1.807) is 31.3 Å². The molecule has 144 valence electrons. The van der Waals surface area contributed by atoms with E-state index in [2.05, 4.69) is 4.98 Å². The zero-order valence-electron chi connectivity index (χ0n) is 15.1. The van der Waals surface area contributed by atoms with Gasteiger partial charge in [0, 0.05) is 50.6 Å². The van der Waals surface area contributed by atoms with E-state index in [0.717, 1.165) is 0 Å². The maximum absolute atomic E-state index is 13.8. The molecule has 2 heterocycles. The van der Waals surface area contributed by atoms with Crippen LogP contribution in [0.4, 0.5) is 4.39 Å². The molecule has 8 heteroatoms. The third-order valence-electron chi connectivity index (χ3n) is 4.82. The molecule has 0 N–H and O–H groups in total. The van der Waals surface area contributed by atoms with Crippen molar-refractivity contribution in [2.24, 2.45) is 5.92 Å². The summed E-state index contributed by atoms with van der Waals surface area (Å²) < 4.78 is 40.4. The third kappa shape index (κ3) is 4.33. The molecule has 1 aliphatic heterocycles. The van der Waals surface area contributed by atoms with Crippen molar-refractivity contribution in [3.63, 3.8) is 0 Å². The smallest absolute Gasteiger partial charge is 0.244 e. The quantitative estimate of drug-likeness (QED) is 0.784. The first-order valence-corrected chi connectivity index (χ1v) is 10.2. The van der Waals surface area contributed by atoms with Gasteiger partial charge in [-0.2, -0.15) is 4.31 Å². The summed E-state index contributed by atoms with van der Waals surface area (Å²) >= 11 is 0. The number of pyridine rings is 1. The van der Waals surface area contributed by atoms with Crippen LogP contribution in [0.25, 0.3) is 0 Å². The molecule has 0 bridgehead atoms. The Kier molecular flexibility index (Phi) is 5.86. The van der Waals surface area contributed by atoms with Gasteiger partial charge in [0.2, 0.25) is 15.9 Å². The van der Waals surface area contributed by atoms with E-state index in [9.17, 15) is 17.6 Å². The largest absolute Gasteiger partial charge is 0.341 e. The minimum atomic E-state index is -3.59. The van der Waals surface area contributed by atoms with Gasteiger partial charge in [-0.3, -0.25) is 9.78 Å². The summed E-state index contributed by atoms with van der Waals surface area (Å²) in [6.45, 7) is 0.752. The van der Waals surface area contributed by atoms with Crippen molar-refractivity contribution in [3.8, 4) is 0 Å². The summed E-state index contributed by atoms with van der Waals surface area (Å²) in [6, 6.07) is 9.47. The van der Waals surface area contributed by atoms with Crippen LogP contribution < -0.4 is 0 Å². The Labute approximate surface area is 158 Å². The summed E-state index contributed by atoms with van der Waals surface area (Å²) in [5.41, 5.74) is 0.463. The second-order valence-corrected chi connectivity index (χ2v) is 8.59. The molecule has 0 radical (unpaired) electrons. The first-order valence-electron chi connectivity index (χ1n) is 8.78. The van der Waals surface area contributed by atoms with Crippen molar-refractivity contribution < 1.29 is 17.6 Å². The average Bonchev–Trinajstić information content (AvgIpc) is 2.70. The maximum atomic E-state index is 13.8. The van der Waals surface area contributed by atoms with Crippen molar-refractivity contribution in [3.05, 3.63) is 60.2 Å². The molecule has 1 fully saturated rings. The number of hydrogen-bond acceptors (Lipinski definition) is 4. The van der Waals surface area contributed by atoms with Crippen molar-refractivity contribution >= 4 is 15.9 Å². The third-order valence-corrected chi connectivity index (χ3v) is 6.70. The zero-order chi connectivity index (χ0) is 19.4. The van der Waals surface area contributed by atoms with Gasteiger partial charge in [0.25, 0.3) is 0 Å². The minimum Gasteiger partial charge on any atom is -0.341 e. The van der Waals surface area contributed by atoms with Gasteiger partial charge in [-0.15, -0.1) is 0 Å². The van der Waals surface area contributed by atoms with Crippen molar-refractivity contribution in [1.82, 2.24) is 14.2 Å². The van der Waals surface area contributed by atoms with E-state index < -0.39 is 10.0 Å². The molecule has 0 atom stereocenters. The molecule has 1 aliphatic rings. The van der Waals surface area contributed by atoms with Gasteiger partial charge >= 0.3 is 0 Å². The van der Waals surface area contributed by atoms with E-state index >= 15 is 0 Å². The zero-order valence-corrected chi connectivity index (χ0v) is 15.9. The summed E-state index contributed by atoms with van der Waals surface area (Å²) in [4.78, 5) is 18.2. The van der Waals surface area contributed by atoms with Crippen LogP contribution in [-0.4, -0.2) is 48.7 Å². The van der Waals surface area contributed by atoms with Crippen LogP contribution in [0.2, 0.25) is 0 Å². The number of aromatic nitrogens is 1. The molecule has 0 spiro atoms. The molecular weight excluding hydrogens is 369 g/mol. The van der Waals surface area contributed by atoms with Crippen molar-refractivity contribution in [2.45, 2.75) is 24.3 Å². The number of piperidine rings is 1. The minimum absolute atomic E-state index is 0.0864. The second-order valence-electron chi connectivity index (χ2n) is 6.65. The Balaban J connectivity index is 1.60. The highest BCUT2D eigenvalue weighted by Crippen LogP contribution is 2.25. The number of halogens is 1. The molecule has 3 rings (SSSR count). The van der Waals surface area contributed by atoms with E-state index in [1.165, 1.54) is 33.7 Å². The average molecular weight is 391 g/mol. The Morgan fingerprint density at radius 3 is 2.56 bits per heavy atom. The summed E-state index contributed by atoms with van der Waals surface area (Å²) in [5, 5.41) is 0. The van der Waals surface area contributed by atoms with Crippen LogP contribution in [0.5, 0.6) is 0 Å². The standard InChI is InChI=1S/C19H22FN3O3S/c1-22(14-16-5-2-3-7-18(16)20)19(24)15-8-11-23(12-9-15)27(25,26)17-6-4-10-21-13-17/h2-7,10,13,15H,8-9,11-12,14H2,1H3. The number of sulfonamides is 1. The predicted octanol–water partition coefficient (Wildman–Crippen LogP) is 2.28. The molecular formula is C19H22FN3O3S. The van der Waals surface area contributed by atoms with E-state index in [1.807, 2.05) is 0 Å². The number of nitrogens with zero attached hydrogens (tertiary/aromatic N) is 3. The van der Waals surface area contributed by atoms with E-state index in [0.29, 0.717) is 18.4 Å². The van der Waals surface area contributed by atoms with Crippen LogP contribution in [0, 0.1) is 11.7 Å². The van der Waals surface area contributed by atoms with Crippen LogP contribution in [-0.2, 0) is 21.4 Å². The lowest BCUT2D eigenvalue weighted by Gasteiger charge is -2.32. The van der Waals surface area contributed by atoms with Gasteiger partial charge in [-0.1, -0.05) is 18.2 Å².